The summed E-state index contributed by atoms with van der Waals surface area (Å²) in [7, 11) is -3.58. The molecule has 0 saturated carbocycles. The van der Waals surface area contributed by atoms with Gasteiger partial charge in [0.1, 0.15) is 6.54 Å². The SMILES string of the molecule is Cc1ccc(N(CC(=O)N[C@H]2CCCc3ccccc32)S(C)(=O)=O)c(C)c1. The molecule has 1 aliphatic rings. The fraction of sp³-hybridized carbons (Fsp3) is 0.381. The minimum Gasteiger partial charge on any atom is -0.348 e. The number of rotatable bonds is 5. The number of anilines is 1. The second kappa shape index (κ2) is 7.72. The van der Waals surface area contributed by atoms with Gasteiger partial charge in [-0.2, -0.15) is 0 Å². The first-order chi connectivity index (χ1) is 12.8. The van der Waals surface area contributed by atoms with Gasteiger partial charge in [0, 0.05) is 0 Å². The molecule has 0 saturated heterocycles. The van der Waals surface area contributed by atoms with Gasteiger partial charge in [0.25, 0.3) is 0 Å². The number of nitrogens with one attached hydrogen (secondary N) is 1. The van der Waals surface area contributed by atoms with Crippen molar-refractivity contribution in [1.29, 1.82) is 0 Å². The third-order valence-corrected chi connectivity index (χ3v) is 6.14. The zero-order valence-electron chi connectivity index (χ0n) is 16.0. The minimum atomic E-state index is -3.58. The zero-order valence-corrected chi connectivity index (χ0v) is 16.8. The Hall–Kier alpha value is -2.34. The number of hydrogen-bond acceptors (Lipinski definition) is 3. The van der Waals surface area contributed by atoms with Crippen molar-refractivity contribution in [2.45, 2.75) is 39.2 Å². The lowest BCUT2D eigenvalue weighted by Gasteiger charge is -2.28. The highest BCUT2D eigenvalue weighted by atomic mass is 32.2. The summed E-state index contributed by atoms with van der Waals surface area (Å²) in [6.45, 7) is 3.59. The van der Waals surface area contributed by atoms with Crippen molar-refractivity contribution >= 4 is 21.6 Å². The molecule has 0 fully saturated rings. The maximum absolute atomic E-state index is 12.7. The summed E-state index contributed by atoms with van der Waals surface area (Å²) in [4.78, 5) is 12.7. The number of carbonyl (C=O) groups is 1. The van der Waals surface area contributed by atoms with Gasteiger partial charge >= 0.3 is 0 Å². The van der Waals surface area contributed by atoms with Crippen LogP contribution >= 0.6 is 0 Å². The number of fused-ring (bicyclic) bond motifs is 1. The number of amides is 1. The van der Waals surface area contributed by atoms with Crippen LogP contribution in [0.4, 0.5) is 5.69 Å². The number of aryl methyl sites for hydroxylation is 3. The second-order valence-corrected chi connectivity index (χ2v) is 9.18. The third-order valence-electron chi connectivity index (χ3n) is 5.01. The Morgan fingerprint density at radius 1 is 1.19 bits per heavy atom. The molecule has 144 valence electrons. The van der Waals surface area contributed by atoms with Crippen LogP contribution in [0.3, 0.4) is 0 Å². The molecular formula is C21H26N2O3S. The molecular weight excluding hydrogens is 360 g/mol. The van der Waals surface area contributed by atoms with E-state index in [1.165, 1.54) is 9.87 Å². The normalized spacial score (nSPS) is 16.5. The molecule has 0 aromatic heterocycles. The summed E-state index contributed by atoms with van der Waals surface area (Å²) in [6.07, 6.45) is 4.02. The molecule has 0 aliphatic heterocycles. The number of benzene rings is 2. The van der Waals surface area contributed by atoms with Crippen LogP contribution in [0.5, 0.6) is 0 Å². The average Bonchev–Trinajstić information content (AvgIpc) is 2.60. The van der Waals surface area contributed by atoms with E-state index >= 15 is 0 Å². The summed E-state index contributed by atoms with van der Waals surface area (Å²) >= 11 is 0. The summed E-state index contributed by atoms with van der Waals surface area (Å²) in [5.41, 5.74) is 4.81. The molecule has 6 heteroatoms. The fourth-order valence-electron chi connectivity index (χ4n) is 3.74. The third kappa shape index (κ3) is 4.50. The Morgan fingerprint density at radius 2 is 1.93 bits per heavy atom. The smallest absolute Gasteiger partial charge is 0.241 e. The van der Waals surface area contributed by atoms with Gasteiger partial charge in [-0.15, -0.1) is 0 Å². The lowest BCUT2D eigenvalue weighted by Crippen LogP contribution is -2.42. The van der Waals surface area contributed by atoms with Gasteiger partial charge in [-0.05, 0) is 55.9 Å². The summed E-state index contributed by atoms with van der Waals surface area (Å²) in [6, 6.07) is 13.6. The predicted molar refractivity (Wildman–Crippen MR) is 108 cm³/mol. The quantitative estimate of drug-likeness (QED) is 0.858. The Morgan fingerprint density at radius 3 is 2.63 bits per heavy atom. The van der Waals surface area contributed by atoms with Gasteiger partial charge in [-0.1, -0.05) is 42.0 Å². The van der Waals surface area contributed by atoms with Crippen LogP contribution in [0, 0.1) is 13.8 Å². The van der Waals surface area contributed by atoms with Crippen molar-refractivity contribution in [2.24, 2.45) is 0 Å². The zero-order chi connectivity index (χ0) is 19.6. The van der Waals surface area contributed by atoms with E-state index in [4.69, 9.17) is 0 Å². The highest BCUT2D eigenvalue weighted by Crippen LogP contribution is 2.29. The van der Waals surface area contributed by atoms with Crippen molar-refractivity contribution in [3.63, 3.8) is 0 Å². The summed E-state index contributed by atoms with van der Waals surface area (Å²) < 4.78 is 25.9. The molecule has 3 rings (SSSR count). The Bertz CT molecular complexity index is 954. The van der Waals surface area contributed by atoms with E-state index < -0.39 is 10.0 Å². The van der Waals surface area contributed by atoms with Crippen LogP contribution in [-0.2, 0) is 21.2 Å². The second-order valence-electron chi connectivity index (χ2n) is 7.27. The van der Waals surface area contributed by atoms with Gasteiger partial charge in [0.2, 0.25) is 15.9 Å². The van der Waals surface area contributed by atoms with Crippen molar-refractivity contribution in [3.05, 3.63) is 64.7 Å². The Balaban J connectivity index is 1.80. The monoisotopic (exact) mass is 386 g/mol. The highest BCUT2D eigenvalue weighted by molar-refractivity contribution is 7.92. The molecule has 1 N–H and O–H groups in total. The fourth-order valence-corrected chi connectivity index (χ4v) is 4.65. The van der Waals surface area contributed by atoms with E-state index in [-0.39, 0.29) is 18.5 Å². The largest absolute Gasteiger partial charge is 0.348 e. The van der Waals surface area contributed by atoms with E-state index in [9.17, 15) is 13.2 Å². The molecule has 0 radical (unpaired) electrons. The van der Waals surface area contributed by atoms with Gasteiger partial charge in [-0.25, -0.2) is 8.42 Å². The van der Waals surface area contributed by atoms with E-state index in [0.29, 0.717) is 5.69 Å². The number of hydrogen-bond donors (Lipinski definition) is 1. The maximum Gasteiger partial charge on any atom is 0.241 e. The highest BCUT2D eigenvalue weighted by Gasteiger charge is 2.26. The molecule has 27 heavy (non-hydrogen) atoms. The topological polar surface area (TPSA) is 66.5 Å². The lowest BCUT2D eigenvalue weighted by atomic mass is 9.88. The van der Waals surface area contributed by atoms with Crippen LogP contribution in [0.1, 0.15) is 41.1 Å². The van der Waals surface area contributed by atoms with E-state index in [1.807, 2.05) is 44.2 Å². The first kappa shape index (κ1) is 19.4. The molecule has 1 atom stereocenters. The first-order valence-electron chi connectivity index (χ1n) is 9.18. The van der Waals surface area contributed by atoms with Crippen LogP contribution in [0.15, 0.2) is 42.5 Å². The van der Waals surface area contributed by atoms with Gasteiger partial charge < -0.3 is 5.32 Å². The molecule has 2 aromatic carbocycles. The Kier molecular flexibility index (Phi) is 5.56. The molecule has 0 heterocycles. The van der Waals surface area contributed by atoms with E-state index in [0.717, 1.165) is 42.2 Å². The molecule has 0 spiro atoms. The number of nitrogens with zero attached hydrogens (tertiary/aromatic N) is 1. The van der Waals surface area contributed by atoms with Crippen molar-refractivity contribution in [1.82, 2.24) is 5.32 Å². The van der Waals surface area contributed by atoms with Crippen molar-refractivity contribution in [3.8, 4) is 0 Å². The van der Waals surface area contributed by atoms with Crippen LogP contribution in [-0.4, -0.2) is 27.1 Å². The van der Waals surface area contributed by atoms with Crippen LogP contribution in [0.2, 0.25) is 0 Å². The van der Waals surface area contributed by atoms with Crippen molar-refractivity contribution in [2.75, 3.05) is 17.1 Å². The van der Waals surface area contributed by atoms with E-state index in [1.54, 1.807) is 6.07 Å². The molecule has 2 aromatic rings. The maximum atomic E-state index is 12.7. The van der Waals surface area contributed by atoms with Gasteiger partial charge in [-0.3, -0.25) is 9.10 Å². The van der Waals surface area contributed by atoms with E-state index in [2.05, 4.69) is 11.4 Å². The molecule has 0 unspecified atom stereocenters. The first-order valence-corrected chi connectivity index (χ1v) is 11.0. The van der Waals surface area contributed by atoms with Crippen molar-refractivity contribution < 1.29 is 13.2 Å². The lowest BCUT2D eigenvalue weighted by molar-refractivity contribution is -0.120. The molecule has 1 amide bonds. The number of carbonyl (C=O) groups excluding carboxylic acids is 1. The minimum absolute atomic E-state index is 0.0667. The van der Waals surface area contributed by atoms with Gasteiger partial charge in [0.15, 0.2) is 0 Å². The molecule has 5 nitrogen and oxygen atoms in total. The average molecular weight is 387 g/mol. The predicted octanol–water partition coefficient (Wildman–Crippen LogP) is 3.26. The molecule has 1 aliphatic carbocycles. The standard InChI is InChI=1S/C21H26N2O3S/c1-15-11-12-20(16(2)13-15)23(27(3,25)26)14-21(24)22-19-10-6-8-17-7-4-5-9-18(17)19/h4-5,7,9,11-13,19H,6,8,10,14H2,1-3H3,(H,22,24)/t19-/m0/s1. The summed E-state index contributed by atoms with van der Waals surface area (Å²) in [5.74, 6) is -0.290. The van der Waals surface area contributed by atoms with Gasteiger partial charge in [0.05, 0.1) is 18.0 Å². The van der Waals surface area contributed by atoms with Crippen LogP contribution < -0.4 is 9.62 Å². The summed E-state index contributed by atoms with van der Waals surface area (Å²) in [5, 5.41) is 3.03. The number of sulfonamides is 1. The molecule has 0 bridgehead atoms. The van der Waals surface area contributed by atoms with Crippen LogP contribution in [0.25, 0.3) is 0 Å². The Labute approximate surface area is 161 Å².